The third-order valence-electron chi connectivity index (χ3n) is 6.02. The fraction of sp³-hybridized carbons (Fsp3) is 0.259. The summed E-state index contributed by atoms with van der Waals surface area (Å²) < 4.78 is 5.54. The molecule has 0 fully saturated rings. The number of benzene rings is 2. The number of amides is 2. The number of carboxylic acids is 1. The van der Waals surface area contributed by atoms with Gasteiger partial charge in [0.2, 0.25) is 0 Å². The van der Waals surface area contributed by atoms with E-state index >= 15 is 0 Å². The largest absolute Gasteiger partial charge is 0.481 e. The second-order valence-electron chi connectivity index (χ2n) is 8.62. The Bertz CT molecular complexity index is 1190. The molecule has 0 radical (unpaired) electrons. The number of hydrogen-bond donors (Lipinski definition) is 2. The fourth-order valence-electron chi connectivity index (χ4n) is 4.30. The van der Waals surface area contributed by atoms with Crippen LogP contribution < -0.4 is 5.32 Å². The number of anilines is 1. The van der Waals surface area contributed by atoms with Gasteiger partial charge in [0.1, 0.15) is 12.3 Å². The molecule has 0 atom stereocenters. The van der Waals surface area contributed by atoms with Gasteiger partial charge in [-0.25, -0.2) is 9.78 Å². The average Bonchev–Trinajstić information content (AvgIpc) is 3.16. The highest BCUT2D eigenvalue weighted by Crippen LogP contribution is 2.44. The molecular weight excluding hydrogens is 446 g/mol. The standard InChI is InChI=1S/C27H27N3O5/c1-17(2)30(14-13-25(31)32)26(33)24-12-11-18(15-28-24)29-27(34)35-16-23-21-9-5-3-7-19(21)20-8-4-6-10-22(20)23/h3-12,15,17,23H,13-14,16H2,1-2H3,(H,29,34)(H,31,32). The summed E-state index contributed by atoms with van der Waals surface area (Å²) in [7, 11) is 0. The van der Waals surface area contributed by atoms with E-state index in [9.17, 15) is 14.4 Å². The van der Waals surface area contributed by atoms with Gasteiger partial charge in [0, 0.05) is 18.5 Å². The van der Waals surface area contributed by atoms with Gasteiger partial charge in [-0.3, -0.25) is 14.9 Å². The number of aliphatic carboxylic acids is 1. The number of fused-ring (bicyclic) bond motifs is 3. The highest BCUT2D eigenvalue weighted by Gasteiger charge is 2.29. The average molecular weight is 474 g/mol. The molecule has 2 N–H and O–H groups in total. The van der Waals surface area contributed by atoms with Crippen molar-refractivity contribution in [3.05, 3.63) is 83.7 Å². The quantitative estimate of drug-likeness (QED) is 0.488. The van der Waals surface area contributed by atoms with Gasteiger partial charge in [-0.1, -0.05) is 48.5 Å². The molecule has 4 rings (SSSR count). The van der Waals surface area contributed by atoms with E-state index in [2.05, 4.69) is 34.6 Å². The molecule has 3 aromatic rings. The highest BCUT2D eigenvalue weighted by atomic mass is 16.5. The predicted octanol–water partition coefficient (Wildman–Crippen LogP) is 4.77. The number of nitrogens with one attached hydrogen (secondary N) is 1. The van der Waals surface area contributed by atoms with Gasteiger partial charge < -0.3 is 14.7 Å². The summed E-state index contributed by atoms with van der Waals surface area (Å²) in [4.78, 5) is 41.7. The fourth-order valence-corrected chi connectivity index (χ4v) is 4.30. The third-order valence-corrected chi connectivity index (χ3v) is 6.02. The Morgan fingerprint density at radius 2 is 1.63 bits per heavy atom. The maximum Gasteiger partial charge on any atom is 0.411 e. The van der Waals surface area contributed by atoms with Crippen LogP contribution in [0.2, 0.25) is 0 Å². The Kier molecular flexibility index (Phi) is 7.10. The molecule has 8 heteroatoms. The molecule has 0 saturated heterocycles. The molecule has 0 spiro atoms. The van der Waals surface area contributed by atoms with Crippen LogP contribution in [0.15, 0.2) is 66.9 Å². The molecule has 0 unspecified atom stereocenters. The number of rotatable bonds is 8. The molecular formula is C27H27N3O5. The van der Waals surface area contributed by atoms with Gasteiger partial charge in [0.25, 0.3) is 5.91 Å². The van der Waals surface area contributed by atoms with Gasteiger partial charge in [-0.05, 0) is 48.2 Å². The van der Waals surface area contributed by atoms with Crippen LogP contribution in [-0.2, 0) is 9.53 Å². The smallest absolute Gasteiger partial charge is 0.411 e. The molecule has 1 aromatic heterocycles. The topological polar surface area (TPSA) is 109 Å². The summed E-state index contributed by atoms with van der Waals surface area (Å²) in [6.07, 6.45) is 0.619. The zero-order valence-electron chi connectivity index (χ0n) is 19.6. The molecule has 2 aromatic carbocycles. The molecule has 0 aliphatic heterocycles. The van der Waals surface area contributed by atoms with Crippen molar-refractivity contribution in [3.8, 4) is 11.1 Å². The van der Waals surface area contributed by atoms with Crippen molar-refractivity contribution in [2.75, 3.05) is 18.5 Å². The number of carbonyl (C=O) groups excluding carboxylic acids is 2. The summed E-state index contributed by atoms with van der Waals surface area (Å²) in [6, 6.07) is 19.1. The van der Waals surface area contributed by atoms with Crippen LogP contribution in [0.1, 0.15) is 47.8 Å². The first-order valence-electron chi connectivity index (χ1n) is 11.5. The molecule has 1 aliphatic rings. The maximum atomic E-state index is 12.7. The molecule has 0 bridgehead atoms. The van der Waals surface area contributed by atoms with Gasteiger partial charge in [0.05, 0.1) is 18.3 Å². The van der Waals surface area contributed by atoms with Gasteiger partial charge in [-0.2, -0.15) is 0 Å². The minimum Gasteiger partial charge on any atom is -0.481 e. The van der Waals surface area contributed by atoms with Crippen molar-refractivity contribution >= 4 is 23.7 Å². The van der Waals surface area contributed by atoms with E-state index in [1.807, 2.05) is 38.1 Å². The van der Waals surface area contributed by atoms with E-state index in [0.717, 1.165) is 22.3 Å². The molecule has 1 heterocycles. The van der Waals surface area contributed by atoms with Crippen LogP contribution >= 0.6 is 0 Å². The molecule has 180 valence electrons. The second-order valence-corrected chi connectivity index (χ2v) is 8.62. The lowest BCUT2D eigenvalue weighted by Gasteiger charge is -2.25. The number of pyridine rings is 1. The lowest BCUT2D eigenvalue weighted by molar-refractivity contribution is -0.137. The lowest BCUT2D eigenvalue weighted by Crippen LogP contribution is -2.38. The second kappa shape index (κ2) is 10.4. The van der Waals surface area contributed by atoms with Crippen molar-refractivity contribution in [3.63, 3.8) is 0 Å². The molecule has 35 heavy (non-hydrogen) atoms. The van der Waals surface area contributed by atoms with Crippen LogP contribution in [0, 0.1) is 0 Å². The lowest BCUT2D eigenvalue weighted by atomic mass is 9.98. The summed E-state index contributed by atoms with van der Waals surface area (Å²) in [5, 5.41) is 11.6. The molecule has 2 amide bonds. The SMILES string of the molecule is CC(C)N(CCC(=O)O)C(=O)c1ccc(NC(=O)OCC2c3ccccc3-c3ccccc32)cn1. The Morgan fingerprint density at radius 1 is 1.00 bits per heavy atom. The number of carbonyl (C=O) groups is 3. The normalized spacial score (nSPS) is 12.1. The molecule has 0 saturated carbocycles. The maximum absolute atomic E-state index is 12.7. The Balaban J connectivity index is 1.37. The van der Waals surface area contributed by atoms with Crippen molar-refractivity contribution in [1.82, 2.24) is 9.88 Å². The Hall–Kier alpha value is -4.20. The van der Waals surface area contributed by atoms with Gasteiger partial charge in [0.15, 0.2) is 0 Å². The van der Waals surface area contributed by atoms with Crippen LogP contribution in [0.3, 0.4) is 0 Å². The molecule has 1 aliphatic carbocycles. The van der Waals surface area contributed by atoms with E-state index in [-0.39, 0.29) is 43.1 Å². The minimum atomic E-state index is -0.973. The van der Waals surface area contributed by atoms with E-state index in [1.54, 1.807) is 6.07 Å². The zero-order valence-corrected chi connectivity index (χ0v) is 19.6. The summed E-state index contributed by atoms with van der Waals surface area (Å²) in [5.74, 6) is -1.38. The first-order valence-corrected chi connectivity index (χ1v) is 11.5. The van der Waals surface area contributed by atoms with Crippen molar-refractivity contribution in [1.29, 1.82) is 0 Å². The first kappa shape index (κ1) is 23.9. The first-order chi connectivity index (χ1) is 16.8. The number of nitrogens with zero attached hydrogens (tertiary/aromatic N) is 2. The summed E-state index contributed by atoms with van der Waals surface area (Å²) >= 11 is 0. The third kappa shape index (κ3) is 5.32. The number of aromatic nitrogens is 1. The number of carboxylic acid groups (broad SMARTS) is 1. The Labute approximate surface area is 203 Å². The van der Waals surface area contributed by atoms with E-state index in [4.69, 9.17) is 9.84 Å². The van der Waals surface area contributed by atoms with Gasteiger partial charge in [-0.15, -0.1) is 0 Å². The monoisotopic (exact) mass is 473 g/mol. The summed E-state index contributed by atoms with van der Waals surface area (Å²) in [5.41, 5.74) is 5.12. The predicted molar refractivity (Wildman–Crippen MR) is 131 cm³/mol. The van der Waals surface area contributed by atoms with Crippen molar-refractivity contribution in [2.24, 2.45) is 0 Å². The van der Waals surface area contributed by atoms with E-state index in [1.165, 1.54) is 17.2 Å². The number of hydrogen-bond acceptors (Lipinski definition) is 5. The van der Waals surface area contributed by atoms with Crippen molar-refractivity contribution < 1.29 is 24.2 Å². The van der Waals surface area contributed by atoms with E-state index < -0.39 is 12.1 Å². The zero-order chi connectivity index (χ0) is 24.9. The minimum absolute atomic E-state index is 0.0425. The highest BCUT2D eigenvalue weighted by molar-refractivity contribution is 5.93. The van der Waals surface area contributed by atoms with Crippen LogP contribution in [0.4, 0.5) is 10.5 Å². The van der Waals surface area contributed by atoms with Gasteiger partial charge >= 0.3 is 12.1 Å². The molecule has 8 nitrogen and oxygen atoms in total. The van der Waals surface area contributed by atoms with Crippen LogP contribution in [0.25, 0.3) is 11.1 Å². The Morgan fingerprint density at radius 3 is 2.17 bits per heavy atom. The number of ether oxygens (including phenoxy) is 1. The van der Waals surface area contributed by atoms with E-state index in [0.29, 0.717) is 5.69 Å². The van der Waals surface area contributed by atoms with Crippen molar-refractivity contribution in [2.45, 2.75) is 32.2 Å². The van der Waals surface area contributed by atoms with Crippen LogP contribution in [0.5, 0.6) is 0 Å². The van der Waals surface area contributed by atoms with Crippen LogP contribution in [-0.4, -0.2) is 52.2 Å². The summed E-state index contributed by atoms with van der Waals surface area (Å²) in [6.45, 7) is 3.91.